The minimum Gasteiger partial charge on any atom is -0.490 e. The molecule has 8 heteroatoms. The van der Waals surface area contributed by atoms with Crippen molar-refractivity contribution >= 4 is 21.4 Å². The highest BCUT2D eigenvalue weighted by Gasteiger charge is 2.30. The summed E-state index contributed by atoms with van der Waals surface area (Å²) >= 11 is 1.22. The third-order valence-electron chi connectivity index (χ3n) is 3.66. The van der Waals surface area contributed by atoms with E-state index in [-0.39, 0.29) is 6.10 Å². The first-order valence-corrected chi connectivity index (χ1v) is 9.59. The Morgan fingerprint density at radius 1 is 1.30 bits per heavy atom. The van der Waals surface area contributed by atoms with Gasteiger partial charge in [-0.05, 0) is 31.2 Å². The van der Waals surface area contributed by atoms with Crippen LogP contribution in [0.5, 0.6) is 5.75 Å². The number of hydrogen-bond donors (Lipinski definition) is 0. The van der Waals surface area contributed by atoms with Gasteiger partial charge in [-0.2, -0.15) is 4.31 Å². The molecule has 0 unspecified atom stereocenters. The van der Waals surface area contributed by atoms with Crippen LogP contribution in [0.2, 0.25) is 0 Å². The maximum atomic E-state index is 12.4. The van der Waals surface area contributed by atoms with Crippen LogP contribution in [-0.2, 0) is 10.0 Å². The fourth-order valence-corrected chi connectivity index (χ4v) is 5.18. The normalized spacial score (nSPS) is 17.3. The molecule has 0 spiro atoms. The van der Waals surface area contributed by atoms with Crippen molar-refractivity contribution in [2.24, 2.45) is 0 Å². The van der Waals surface area contributed by atoms with Crippen LogP contribution in [0.1, 0.15) is 18.6 Å². The summed E-state index contributed by atoms with van der Waals surface area (Å²) in [5.74, 6) is 0.962. The van der Waals surface area contributed by atoms with Crippen LogP contribution in [0.15, 0.2) is 43.1 Å². The smallest absolute Gasteiger partial charge is 0.339 e. The van der Waals surface area contributed by atoms with Gasteiger partial charge < -0.3 is 9.15 Å². The quantitative estimate of drug-likeness (QED) is 0.841. The summed E-state index contributed by atoms with van der Waals surface area (Å²) in [6.07, 6.45) is 1.07. The third-order valence-corrected chi connectivity index (χ3v) is 6.93. The van der Waals surface area contributed by atoms with E-state index in [1.54, 1.807) is 30.5 Å². The third kappa shape index (κ3) is 3.65. The van der Waals surface area contributed by atoms with Gasteiger partial charge in [0.1, 0.15) is 21.8 Å². The van der Waals surface area contributed by atoms with Crippen molar-refractivity contribution < 1.29 is 17.6 Å². The second-order valence-electron chi connectivity index (χ2n) is 5.38. The second-order valence-corrected chi connectivity index (χ2v) is 8.49. The first kappa shape index (κ1) is 16.2. The van der Waals surface area contributed by atoms with Crippen LogP contribution in [-0.4, -0.2) is 31.9 Å². The number of nitrogens with zero attached hydrogens (tertiary/aromatic N) is 1. The van der Waals surface area contributed by atoms with E-state index in [9.17, 15) is 13.2 Å². The molecule has 2 aromatic heterocycles. The molecule has 0 aliphatic carbocycles. The summed E-state index contributed by atoms with van der Waals surface area (Å²) < 4.78 is 37.4. The van der Waals surface area contributed by atoms with Crippen LogP contribution in [0.25, 0.3) is 0 Å². The van der Waals surface area contributed by atoms with Crippen molar-refractivity contribution in [3.05, 3.63) is 45.8 Å². The number of ether oxygens (including phenoxy) is 1. The van der Waals surface area contributed by atoms with Gasteiger partial charge in [-0.25, -0.2) is 13.2 Å². The molecule has 0 N–H and O–H groups in total. The Morgan fingerprint density at radius 2 is 2.04 bits per heavy atom. The Bertz CT molecular complexity index is 818. The van der Waals surface area contributed by atoms with Crippen LogP contribution >= 0.6 is 11.3 Å². The summed E-state index contributed by atoms with van der Waals surface area (Å²) in [4.78, 5) is 11.3. The van der Waals surface area contributed by atoms with E-state index < -0.39 is 15.6 Å². The average molecular weight is 355 g/mol. The van der Waals surface area contributed by atoms with Crippen LogP contribution < -0.4 is 10.4 Å². The standard InChI is InChI=1S/C15H17NO5S2/c1-11-9-13(10-14(17)20-11)21-12-4-6-16(7-5-12)23(18,19)15-3-2-8-22-15/h2-3,8-10,12H,4-7H2,1H3. The first-order valence-electron chi connectivity index (χ1n) is 7.27. The van der Waals surface area contributed by atoms with Crippen molar-refractivity contribution in [3.63, 3.8) is 0 Å². The first-order chi connectivity index (χ1) is 10.9. The summed E-state index contributed by atoms with van der Waals surface area (Å²) in [6, 6.07) is 6.32. The average Bonchev–Trinajstić information content (AvgIpc) is 3.01. The molecule has 0 amide bonds. The van der Waals surface area contributed by atoms with Gasteiger partial charge in [-0.3, -0.25) is 0 Å². The number of piperidine rings is 1. The molecule has 3 rings (SSSR count). The van der Waals surface area contributed by atoms with E-state index in [2.05, 4.69) is 0 Å². The SMILES string of the molecule is Cc1cc(OC2CCN(S(=O)(=O)c3cccs3)CC2)cc(=O)o1. The van der Waals surface area contributed by atoms with E-state index >= 15 is 0 Å². The fourth-order valence-electron chi connectivity index (χ4n) is 2.56. The zero-order chi connectivity index (χ0) is 16.4. The lowest BCUT2D eigenvalue weighted by Crippen LogP contribution is -2.41. The molecule has 1 aliphatic heterocycles. The predicted molar refractivity (Wildman–Crippen MR) is 86.4 cm³/mol. The number of aryl methyl sites for hydroxylation is 1. The highest BCUT2D eigenvalue weighted by molar-refractivity contribution is 7.91. The molecule has 0 radical (unpaired) electrons. The molecule has 0 aromatic carbocycles. The predicted octanol–water partition coefficient (Wildman–Crippen LogP) is 2.24. The second kappa shape index (κ2) is 6.46. The molecular formula is C15H17NO5S2. The molecule has 0 atom stereocenters. The van der Waals surface area contributed by atoms with Gasteiger partial charge in [0, 0.05) is 19.2 Å². The molecule has 1 saturated heterocycles. The van der Waals surface area contributed by atoms with Crippen molar-refractivity contribution in [2.45, 2.75) is 30.1 Å². The highest BCUT2D eigenvalue weighted by atomic mass is 32.2. The van der Waals surface area contributed by atoms with Crippen molar-refractivity contribution in [3.8, 4) is 5.75 Å². The summed E-state index contributed by atoms with van der Waals surface area (Å²) in [7, 11) is -3.40. The molecule has 2 aromatic rings. The minimum atomic E-state index is -3.40. The zero-order valence-electron chi connectivity index (χ0n) is 12.6. The van der Waals surface area contributed by atoms with Crippen molar-refractivity contribution in [2.75, 3.05) is 13.1 Å². The lowest BCUT2D eigenvalue weighted by molar-refractivity contribution is 0.134. The van der Waals surface area contributed by atoms with E-state index in [1.807, 2.05) is 0 Å². The molecule has 1 aliphatic rings. The molecular weight excluding hydrogens is 338 g/mol. The lowest BCUT2D eigenvalue weighted by atomic mass is 10.1. The number of hydrogen-bond acceptors (Lipinski definition) is 6. The molecule has 0 bridgehead atoms. The summed E-state index contributed by atoms with van der Waals surface area (Å²) in [6.45, 7) is 2.50. The molecule has 3 heterocycles. The molecule has 23 heavy (non-hydrogen) atoms. The van der Waals surface area contributed by atoms with Gasteiger partial charge in [0.05, 0.1) is 6.07 Å². The highest BCUT2D eigenvalue weighted by Crippen LogP contribution is 2.25. The molecule has 1 fully saturated rings. The Kier molecular flexibility index (Phi) is 4.56. The van der Waals surface area contributed by atoms with Gasteiger partial charge in [-0.15, -0.1) is 11.3 Å². The van der Waals surface area contributed by atoms with E-state index in [0.717, 1.165) is 0 Å². The Hall–Kier alpha value is -1.64. The fraction of sp³-hybridized carbons (Fsp3) is 0.400. The maximum absolute atomic E-state index is 12.4. The monoisotopic (exact) mass is 355 g/mol. The number of thiophene rings is 1. The lowest BCUT2D eigenvalue weighted by Gasteiger charge is -2.31. The van der Waals surface area contributed by atoms with E-state index in [1.165, 1.54) is 21.7 Å². The van der Waals surface area contributed by atoms with Crippen molar-refractivity contribution in [1.29, 1.82) is 0 Å². The van der Waals surface area contributed by atoms with Crippen LogP contribution in [0.4, 0.5) is 0 Å². The zero-order valence-corrected chi connectivity index (χ0v) is 14.2. The van der Waals surface area contributed by atoms with E-state index in [0.29, 0.717) is 41.7 Å². The number of rotatable bonds is 4. The van der Waals surface area contributed by atoms with Gasteiger partial charge >= 0.3 is 5.63 Å². The Morgan fingerprint density at radius 3 is 2.65 bits per heavy atom. The summed E-state index contributed by atoms with van der Waals surface area (Å²) in [5.41, 5.74) is -0.447. The van der Waals surface area contributed by atoms with Gasteiger partial charge in [0.2, 0.25) is 0 Å². The molecule has 6 nitrogen and oxygen atoms in total. The van der Waals surface area contributed by atoms with Gasteiger partial charge in [0.25, 0.3) is 10.0 Å². The van der Waals surface area contributed by atoms with Crippen LogP contribution in [0, 0.1) is 6.92 Å². The maximum Gasteiger partial charge on any atom is 0.339 e. The number of sulfonamides is 1. The molecule has 124 valence electrons. The van der Waals surface area contributed by atoms with Crippen LogP contribution in [0.3, 0.4) is 0 Å². The largest absolute Gasteiger partial charge is 0.490 e. The Labute approximate surface area is 138 Å². The van der Waals surface area contributed by atoms with Crippen molar-refractivity contribution in [1.82, 2.24) is 4.31 Å². The molecule has 0 saturated carbocycles. The topological polar surface area (TPSA) is 76.8 Å². The van der Waals surface area contributed by atoms with Gasteiger partial charge in [0.15, 0.2) is 0 Å². The Balaban J connectivity index is 1.63. The van der Waals surface area contributed by atoms with E-state index in [4.69, 9.17) is 9.15 Å². The summed E-state index contributed by atoms with van der Waals surface area (Å²) in [5, 5.41) is 1.76. The van der Waals surface area contributed by atoms with Gasteiger partial charge in [-0.1, -0.05) is 6.07 Å². The minimum absolute atomic E-state index is 0.106.